The second kappa shape index (κ2) is 7.19. The molecule has 0 radical (unpaired) electrons. The third kappa shape index (κ3) is 4.59. The molecule has 0 fully saturated rings. The van der Waals surface area contributed by atoms with Gasteiger partial charge >= 0.3 is 5.97 Å². The molecule has 0 unspecified atom stereocenters. The largest absolute Gasteiger partial charge is 0.463 e. The molecule has 3 nitrogen and oxygen atoms in total. The Hall–Kier alpha value is -1.13. The molecule has 0 spiro atoms. The van der Waals surface area contributed by atoms with Gasteiger partial charge in [0.2, 0.25) is 0 Å². The summed E-state index contributed by atoms with van der Waals surface area (Å²) < 4.78 is 4.76. The normalized spacial score (nSPS) is 10.9. The minimum atomic E-state index is -0.281. The topological polar surface area (TPSA) is 38.3 Å². The summed E-state index contributed by atoms with van der Waals surface area (Å²) in [4.78, 5) is 11.0. The minimum absolute atomic E-state index is 0.281. The highest BCUT2D eigenvalue weighted by molar-refractivity contribution is 7.08. The molecule has 1 rings (SSSR count). The number of esters is 1. The third-order valence-corrected chi connectivity index (χ3v) is 2.99. The molecule has 16 heavy (non-hydrogen) atoms. The Kier molecular flexibility index (Phi) is 5.82. The van der Waals surface area contributed by atoms with E-state index in [1.807, 2.05) is 0 Å². The monoisotopic (exact) mass is 239 g/mol. The van der Waals surface area contributed by atoms with E-state index in [4.69, 9.17) is 4.74 Å². The summed E-state index contributed by atoms with van der Waals surface area (Å²) in [7, 11) is 0. The Morgan fingerprint density at radius 2 is 2.38 bits per heavy atom. The third-order valence-electron chi connectivity index (χ3n) is 2.08. The predicted octanol–water partition coefficient (Wildman–Crippen LogP) is 2.27. The molecule has 1 aromatic heterocycles. The number of carbonyl (C=O) groups excluding carboxylic acids is 1. The maximum absolute atomic E-state index is 11.0. The van der Waals surface area contributed by atoms with Crippen LogP contribution in [0.4, 0.5) is 0 Å². The number of hydrogen-bond acceptors (Lipinski definition) is 4. The maximum atomic E-state index is 11.0. The van der Waals surface area contributed by atoms with Gasteiger partial charge in [0.1, 0.15) is 0 Å². The first-order chi connectivity index (χ1) is 7.74. The minimum Gasteiger partial charge on any atom is -0.463 e. The average molecular weight is 239 g/mol. The van der Waals surface area contributed by atoms with Gasteiger partial charge in [0.05, 0.1) is 6.61 Å². The Morgan fingerprint density at radius 3 is 3.00 bits per heavy atom. The van der Waals surface area contributed by atoms with E-state index in [9.17, 15) is 4.79 Å². The molecule has 0 aliphatic rings. The number of ether oxygens (including phenoxy) is 1. The van der Waals surface area contributed by atoms with Crippen molar-refractivity contribution < 1.29 is 9.53 Å². The van der Waals surface area contributed by atoms with Crippen molar-refractivity contribution in [3.8, 4) is 0 Å². The SMILES string of the molecule is CCOC(=O)/C=C/CNCc1cscc1C. The van der Waals surface area contributed by atoms with Crippen molar-refractivity contribution in [3.05, 3.63) is 34.0 Å². The Labute approximate surface area is 100 Å². The molecule has 1 aromatic rings. The summed E-state index contributed by atoms with van der Waals surface area (Å²) >= 11 is 1.71. The van der Waals surface area contributed by atoms with Crippen LogP contribution >= 0.6 is 11.3 Å². The summed E-state index contributed by atoms with van der Waals surface area (Å²) in [6.45, 7) is 5.83. The second-order valence-electron chi connectivity index (χ2n) is 3.37. The Bertz CT molecular complexity index is 358. The van der Waals surface area contributed by atoms with Gasteiger partial charge in [-0.25, -0.2) is 4.79 Å². The molecule has 4 heteroatoms. The van der Waals surface area contributed by atoms with E-state index < -0.39 is 0 Å². The molecular formula is C12H17NO2S. The molecule has 0 atom stereocenters. The van der Waals surface area contributed by atoms with Gasteiger partial charge in [-0.1, -0.05) is 6.08 Å². The maximum Gasteiger partial charge on any atom is 0.330 e. The summed E-state index contributed by atoms with van der Waals surface area (Å²) in [5.74, 6) is -0.281. The molecule has 88 valence electrons. The van der Waals surface area contributed by atoms with Crippen LogP contribution in [0, 0.1) is 6.92 Å². The van der Waals surface area contributed by atoms with Crippen molar-refractivity contribution in [2.24, 2.45) is 0 Å². The second-order valence-corrected chi connectivity index (χ2v) is 4.11. The van der Waals surface area contributed by atoms with Crippen LogP contribution in [-0.2, 0) is 16.1 Å². The molecule has 0 saturated carbocycles. The van der Waals surface area contributed by atoms with Gasteiger partial charge in [0.15, 0.2) is 0 Å². The van der Waals surface area contributed by atoms with E-state index in [-0.39, 0.29) is 5.97 Å². The molecular weight excluding hydrogens is 222 g/mol. The molecule has 1 heterocycles. The highest BCUT2D eigenvalue weighted by Gasteiger charge is 1.97. The van der Waals surface area contributed by atoms with Crippen molar-refractivity contribution in [1.82, 2.24) is 5.32 Å². The lowest BCUT2D eigenvalue weighted by atomic mass is 10.2. The van der Waals surface area contributed by atoms with Crippen LogP contribution in [0.2, 0.25) is 0 Å². The van der Waals surface area contributed by atoms with Gasteiger partial charge in [-0.05, 0) is 35.7 Å². The van der Waals surface area contributed by atoms with Crippen LogP contribution in [0.25, 0.3) is 0 Å². The zero-order valence-corrected chi connectivity index (χ0v) is 10.5. The van der Waals surface area contributed by atoms with E-state index in [0.29, 0.717) is 13.2 Å². The van der Waals surface area contributed by atoms with E-state index in [1.54, 1.807) is 24.3 Å². The van der Waals surface area contributed by atoms with E-state index in [2.05, 4.69) is 23.0 Å². The lowest BCUT2D eigenvalue weighted by Crippen LogP contribution is -2.13. The lowest BCUT2D eigenvalue weighted by molar-refractivity contribution is -0.137. The molecule has 1 N–H and O–H groups in total. The summed E-state index contributed by atoms with van der Waals surface area (Å²) in [6, 6.07) is 0. The van der Waals surface area contributed by atoms with Gasteiger partial charge in [-0.3, -0.25) is 0 Å². The highest BCUT2D eigenvalue weighted by atomic mass is 32.1. The fourth-order valence-corrected chi connectivity index (χ4v) is 2.06. The first kappa shape index (κ1) is 12.9. The van der Waals surface area contributed by atoms with Crippen LogP contribution < -0.4 is 5.32 Å². The summed E-state index contributed by atoms with van der Waals surface area (Å²) in [6.07, 6.45) is 3.23. The first-order valence-corrected chi connectivity index (χ1v) is 6.24. The number of thiophene rings is 1. The molecule has 0 aliphatic heterocycles. The first-order valence-electron chi connectivity index (χ1n) is 5.29. The number of carbonyl (C=O) groups is 1. The van der Waals surface area contributed by atoms with Crippen molar-refractivity contribution in [2.75, 3.05) is 13.2 Å². The molecule has 0 bridgehead atoms. The van der Waals surface area contributed by atoms with Crippen LogP contribution in [-0.4, -0.2) is 19.1 Å². The lowest BCUT2D eigenvalue weighted by Gasteiger charge is -2.00. The van der Waals surface area contributed by atoms with Gasteiger partial charge in [0, 0.05) is 19.2 Å². The molecule has 0 aromatic carbocycles. The van der Waals surface area contributed by atoms with Crippen LogP contribution in [0.5, 0.6) is 0 Å². The Morgan fingerprint density at radius 1 is 1.56 bits per heavy atom. The van der Waals surface area contributed by atoms with Gasteiger partial charge in [-0.15, -0.1) is 0 Å². The summed E-state index contributed by atoms with van der Waals surface area (Å²) in [5, 5.41) is 7.50. The quantitative estimate of drug-likeness (QED) is 0.470. The standard InChI is InChI=1S/C12H17NO2S/c1-3-15-12(14)5-4-6-13-7-11-9-16-8-10(11)2/h4-5,8-9,13H,3,6-7H2,1-2H3/b5-4+. The fourth-order valence-electron chi connectivity index (χ4n) is 1.20. The van der Waals surface area contributed by atoms with Gasteiger partial charge < -0.3 is 10.1 Å². The van der Waals surface area contributed by atoms with E-state index >= 15 is 0 Å². The number of hydrogen-bond donors (Lipinski definition) is 1. The van der Waals surface area contributed by atoms with Crippen LogP contribution in [0.1, 0.15) is 18.1 Å². The van der Waals surface area contributed by atoms with Gasteiger partial charge in [-0.2, -0.15) is 11.3 Å². The molecule has 0 aliphatic carbocycles. The van der Waals surface area contributed by atoms with Crippen LogP contribution in [0.3, 0.4) is 0 Å². The van der Waals surface area contributed by atoms with E-state index in [0.717, 1.165) is 6.54 Å². The van der Waals surface area contributed by atoms with Gasteiger partial charge in [0.25, 0.3) is 0 Å². The number of aryl methyl sites for hydroxylation is 1. The van der Waals surface area contributed by atoms with Crippen molar-refractivity contribution in [2.45, 2.75) is 20.4 Å². The number of rotatable bonds is 6. The zero-order valence-electron chi connectivity index (χ0n) is 9.66. The number of nitrogens with one attached hydrogen (secondary N) is 1. The van der Waals surface area contributed by atoms with E-state index in [1.165, 1.54) is 17.2 Å². The smallest absolute Gasteiger partial charge is 0.330 e. The zero-order chi connectivity index (χ0) is 11.8. The highest BCUT2D eigenvalue weighted by Crippen LogP contribution is 2.12. The molecule has 0 saturated heterocycles. The fraction of sp³-hybridized carbons (Fsp3) is 0.417. The van der Waals surface area contributed by atoms with Crippen molar-refractivity contribution >= 4 is 17.3 Å². The average Bonchev–Trinajstić information content (AvgIpc) is 2.64. The molecule has 0 amide bonds. The summed E-state index contributed by atoms with van der Waals surface area (Å²) in [5.41, 5.74) is 2.63. The van der Waals surface area contributed by atoms with Crippen LogP contribution in [0.15, 0.2) is 22.9 Å². The van der Waals surface area contributed by atoms with Crippen molar-refractivity contribution in [3.63, 3.8) is 0 Å². The predicted molar refractivity (Wildman–Crippen MR) is 66.5 cm³/mol. The Balaban J connectivity index is 2.17. The van der Waals surface area contributed by atoms with Crippen molar-refractivity contribution in [1.29, 1.82) is 0 Å².